The van der Waals surface area contributed by atoms with Gasteiger partial charge in [-0.1, -0.05) is 24.3 Å². The maximum Gasteiger partial charge on any atom is 0.416 e. The second-order valence-corrected chi connectivity index (χ2v) is 11.4. The zero-order chi connectivity index (χ0) is 31.1. The number of carbonyl (C=O) groups excluding carboxylic acids is 2. The van der Waals surface area contributed by atoms with E-state index in [1.54, 1.807) is 33.9 Å². The molecule has 2 aromatic rings. The summed E-state index contributed by atoms with van der Waals surface area (Å²) in [5.74, 6) is 0. The van der Waals surface area contributed by atoms with Gasteiger partial charge < -0.3 is 19.4 Å². The van der Waals surface area contributed by atoms with Gasteiger partial charge in [0.05, 0.1) is 29.3 Å². The van der Waals surface area contributed by atoms with Crippen molar-refractivity contribution in [3.63, 3.8) is 0 Å². The smallest absolute Gasteiger partial charge is 0.416 e. The van der Waals surface area contributed by atoms with Crippen LogP contribution in [-0.2, 0) is 17.1 Å². The largest absolute Gasteiger partial charge is 0.444 e. The molecule has 3 rings (SSSR count). The van der Waals surface area contributed by atoms with Crippen LogP contribution in [0.15, 0.2) is 42.5 Å². The van der Waals surface area contributed by atoms with Crippen LogP contribution in [0.25, 0.3) is 0 Å². The predicted molar refractivity (Wildman–Crippen MR) is 141 cm³/mol. The number of rotatable bonds is 4. The first kappa shape index (κ1) is 32.1. The summed E-state index contributed by atoms with van der Waals surface area (Å²) in [7, 11) is 2.91. The van der Waals surface area contributed by atoms with Crippen molar-refractivity contribution < 1.29 is 40.7 Å². The molecule has 0 aliphatic carbocycles. The summed E-state index contributed by atoms with van der Waals surface area (Å²) in [5, 5.41) is 0. The highest BCUT2D eigenvalue weighted by molar-refractivity contribution is 5.76. The number of hydrogen-bond acceptors (Lipinski definition) is 3. The molecule has 0 aromatic heterocycles. The maximum atomic E-state index is 13.9. The Hall–Kier alpha value is -3.44. The molecule has 3 amide bonds. The Kier molecular flexibility index (Phi) is 8.95. The van der Waals surface area contributed by atoms with Gasteiger partial charge in [0.15, 0.2) is 0 Å². The van der Waals surface area contributed by atoms with E-state index < -0.39 is 59.3 Å². The molecule has 0 radical (unpaired) electrons. The van der Waals surface area contributed by atoms with Gasteiger partial charge in [0.2, 0.25) is 0 Å². The van der Waals surface area contributed by atoms with E-state index in [0.29, 0.717) is 18.6 Å². The lowest BCUT2D eigenvalue weighted by Crippen LogP contribution is -2.47. The van der Waals surface area contributed by atoms with Crippen LogP contribution in [0.1, 0.15) is 74.0 Å². The summed E-state index contributed by atoms with van der Waals surface area (Å²) in [5.41, 5.74) is -2.35. The zero-order valence-electron chi connectivity index (χ0n) is 24.0. The van der Waals surface area contributed by atoms with Crippen molar-refractivity contribution in [2.24, 2.45) is 0 Å². The molecule has 0 spiro atoms. The lowest BCUT2D eigenvalue weighted by atomic mass is 9.95. The number of ether oxygens (including phenoxy) is 1. The van der Waals surface area contributed by atoms with Gasteiger partial charge in [-0.2, -0.15) is 26.3 Å². The minimum Gasteiger partial charge on any atom is -0.444 e. The summed E-state index contributed by atoms with van der Waals surface area (Å²) in [6.45, 7) is 8.62. The van der Waals surface area contributed by atoms with Crippen LogP contribution < -0.4 is 0 Å². The molecule has 3 atom stereocenters. The summed E-state index contributed by atoms with van der Waals surface area (Å²) in [4.78, 5) is 30.9. The van der Waals surface area contributed by atoms with Gasteiger partial charge in [-0.25, -0.2) is 9.59 Å². The summed E-state index contributed by atoms with van der Waals surface area (Å²) >= 11 is 0. The number of amides is 3. The highest BCUT2D eigenvalue weighted by Gasteiger charge is 2.45. The molecular weight excluding hydrogens is 552 g/mol. The third-order valence-corrected chi connectivity index (χ3v) is 7.27. The fourth-order valence-corrected chi connectivity index (χ4v) is 4.97. The van der Waals surface area contributed by atoms with Crippen molar-refractivity contribution in [2.75, 3.05) is 20.6 Å². The Balaban J connectivity index is 1.99. The summed E-state index contributed by atoms with van der Waals surface area (Å²) in [6, 6.07) is 5.76. The van der Waals surface area contributed by atoms with E-state index in [9.17, 15) is 35.9 Å². The lowest BCUT2D eigenvalue weighted by Gasteiger charge is -2.37. The van der Waals surface area contributed by atoms with Crippen molar-refractivity contribution in [3.8, 4) is 0 Å². The molecule has 41 heavy (non-hydrogen) atoms. The Labute approximate surface area is 235 Å². The predicted octanol–water partition coefficient (Wildman–Crippen LogP) is 7.83. The van der Waals surface area contributed by atoms with Crippen LogP contribution in [0.2, 0.25) is 0 Å². The fourth-order valence-electron chi connectivity index (χ4n) is 4.97. The molecule has 0 unspecified atom stereocenters. The van der Waals surface area contributed by atoms with Gasteiger partial charge in [-0.15, -0.1) is 0 Å². The first-order chi connectivity index (χ1) is 18.7. The quantitative estimate of drug-likeness (QED) is 0.343. The molecule has 6 nitrogen and oxygen atoms in total. The van der Waals surface area contributed by atoms with E-state index >= 15 is 0 Å². The molecule has 1 heterocycles. The van der Waals surface area contributed by atoms with Crippen LogP contribution >= 0.6 is 0 Å². The molecule has 1 aliphatic heterocycles. The van der Waals surface area contributed by atoms with E-state index in [1.807, 2.05) is 25.1 Å². The van der Waals surface area contributed by atoms with Crippen LogP contribution in [0.4, 0.5) is 35.9 Å². The lowest BCUT2D eigenvalue weighted by molar-refractivity contribution is -0.143. The second kappa shape index (κ2) is 11.4. The van der Waals surface area contributed by atoms with Gasteiger partial charge in [-0.05, 0) is 75.9 Å². The number of nitrogens with zero attached hydrogens (tertiary/aromatic N) is 3. The minimum atomic E-state index is -5.01. The molecule has 2 aromatic carbocycles. The molecule has 226 valence electrons. The average molecular weight is 588 g/mol. The van der Waals surface area contributed by atoms with Gasteiger partial charge in [-0.3, -0.25) is 0 Å². The third kappa shape index (κ3) is 7.26. The Morgan fingerprint density at radius 1 is 0.951 bits per heavy atom. The SMILES string of the molecule is Cc1ccccc1[C@H]1[C@H](N(C)C(=O)OC(C)(C)C)CCN1C(=O)N(C)[C@H](C)c1cc(C(F)(F)F)cc(C(F)(F)F)c1. The maximum absolute atomic E-state index is 13.9. The number of aryl methyl sites for hydroxylation is 1. The molecule has 0 bridgehead atoms. The van der Waals surface area contributed by atoms with E-state index in [4.69, 9.17) is 4.74 Å². The number of hydrogen-bond donors (Lipinski definition) is 0. The molecule has 1 aliphatic rings. The van der Waals surface area contributed by atoms with Crippen molar-refractivity contribution in [1.29, 1.82) is 0 Å². The van der Waals surface area contributed by atoms with Crippen molar-refractivity contribution >= 4 is 12.1 Å². The third-order valence-electron chi connectivity index (χ3n) is 7.27. The van der Waals surface area contributed by atoms with Crippen LogP contribution in [0.5, 0.6) is 0 Å². The number of likely N-dealkylation sites (tertiary alicyclic amines) is 1. The Morgan fingerprint density at radius 2 is 1.49 bits per heavy atom. The number of urea groups is 1. The minimum absolute atomic E-state index is 0.0593. The summed E-state index contributed by atoms with van der Waals surface area (Å²) < 4.78 is 86.4. The molecule has 1 fully saturated rings. The average Bonchev–Trinajstić information content (AvgIpc) is 3.29. The molecule has 1 saturated heterocycles. The number of carbonyl (C=O) groups is 2. The number of alkyl halides is 6. The molecule has 12 heteroatoms. The van der Waals surface area contributed by atoms with E-state index in [-0.39, 0.29) is 18.2 Å². The van der Waals surface area contributed by atoms with E-state index in [1.165, 1.54) is 23.8 Å². The van der Waals surface area contributed by atoms with Crippen LogP contribution in [0, 0.1) is 6.92 Å². The molecule has 0 N–H and O–H groups in total. The zero-order valence-corrected chi connectivity index (χ0v) is 24.0. The first-order valence-corrected chi connectivity index (χ1v) is 13.1. The first-order valence-electron chi connectivity index (χ1n) is 13.1. The summed E-state index contributed by atoms with van der Waals surface area (Å²) in [6.07, 6.45) is -10.2. The topological polar surface area (TPSA) is 53.1 Å². The normalized spacial score (nSPS) is 18.7. The molecule has 0 saturated carbocycles. The fraction of sp³-hybridized carbons (Fsp3) is 0.517. The van der Waals surface area contributed by atoms with Crippen LogP contribution in [0.3, 0.4) is 0 Å². The van der Waals surface area contributed by atoms with Gasteiger partial charge in [0, 0.05) is 20.6 Å². The standard InChI is InChI=1S/C29H35F6N3O3/c1-17-10-8-9-11-22(17)24-23(37(7)26(40)41-27(3,4)5)12-13-38(24)25(39)36(6)18(2)19-14-20(28(30,31)32)16-21(15-19)29(33,34)35/h8-11,14-16,18,23-24H,12-13H2,1-7H3/t18-,23-,24+/m1/s1. The number of likely N-dealkylation sites (N-methyl/N-ethyl adjacent to an activating group) is 1. The van der Waals surface area contributed by atoms with E-state index in [2.05, 4.69) is 0 Å². The van der Waals surface area contributed by atoms with Crippen LogP contribution in [-0.4, -0.2) is 59.1 Å². The Morgan fingerprint density at radius 3 is 1.98 bits per heavy atom. The highest BCUT2D eigenvalue weighted by atomic mass is 19.4. The number of benzene rings is 2. The monoisotopic (exact) mass is 587 g/mol. The van der Waals surface area contributed by atoms with E-state index in [0.717, 1.165) is 16.0 Å². The van der Waals surface area contributed by atoms with Crippen molar-refractivity contribution in [1.82, 2.24) is 14.7 Å². The second-order valence-electron chi connectivity index (χ2n) is 11.4. The van der Waals surface area contributed by atoms with Gasteiger partial charge in [0.25, 0.3) is 0 Å². The van der Waals surface area contributed by atoms with Crippen molar-refractivity contribution in [2.45, 2.75) is 77.1 Å². The Bertz CT molecular complexity index is 1240. The number of halogens is 6. The highest BCUT2D eigenvalue weighted by Crippen LogP contribution is 2.41. The molecular formula is C29H35F6N3O3. The van der Waals surface area contributed by atoms with Gasteiger partial charge in [0.1, 0.15) is 5.60 Å². The van der Waals surface area contributed by atoms with Gasteiger partial charge >= 0.3 is 24.5 Å². The van der Waals surface area contributed by atoms with Crippen molar-refractivity contribution in [3.05, 3.63) is 70.3 Å².